The Bertz CT molecular complexity index is 874. The van der Waals surface area contributed by atoms with Gasteiger partial charge in [-0.3, -0.25) is 4.68 Å². The van der Waals surface area contributed by atoms with Gasteiger partial charge in [0.1, 0.15) is 11.6 Å². The van der Waals surface area contributed by atoms with Crippen LogP contribution < -0.4 is 5.32 Å². The fourth-order valence-electron chi connectivity index (χ4n) is 2.94. The summed E-state index contributed by atoms with van der Waals surface area (Å²) in [6.45, 7) is 4.11. The zero-order valence-electron chi connectivity index (χ0n) is 15.4. The molecule has 0 saturated carbocycles. The van der Waals surface area contributed by atoms with Crippen molar-refractivity contribution in [3.05, 3.63) is 59.8 Å². The maximum absolute atomic E-state index is 4.55. The number of benzene rings is 1. The van der Waals surface area contributed by atoms with Crippen molar-refractivity contribution in [2.24, 2.45) is 7.05 Å². The lowest BCUT2D eigenvalue weighted by molar-refractivity contribution is 0.768. The first-order valence-corrected chi connectivity index (χ1v) is 10.3. The van der Waals surface area contributed by atoms with E-state index in [0.717, 1.165) is 40.2 Å². The van der Waals surface area contributed by atoms with Gasteiger partial charge in [0.05, 0.1) is 6.20 Å². The van der Waals surface area contributed by atoms with Gasteiger partial charge in [-0.15, -0.1) is 0 Å². The molecule has 0 fully saturated rings. The summed E-state index contributed by atoms with van der Waals surface area (Å²) in [5.41, 5.74) is 4.62. The van der Waals surface area contributed by atoms with Crippen LogP contribution in [0.4, 0.5) is 5.82 Å². The van der Waals surface area contributed by atoms with Crippen molar-refractivity contribution in [3.8, 4) is 11.1 Å². The van der Waals surface area contributed by atoms with E-state index in [9.17, 15) is 0 Å². The van der Waals surface area contributed by atoms with Crippen LogP contribution >= 0.6 is 22.6 Å². The van der Waals surface area contributed by atoms with Crippen LogP contribution in [0.3, 0.4) is 0 Å². The van der Waals surface area contributed by atoms with Crippen molar-refractivity contribution < 1.29 is 0 Å². The topological polar surface area (TPSA) is 55.6 Å². The number of nitrogens with one attached hydrogen (secondary N) is 1. The summed E-state index contributed by atoms with van der Waals surface area (Å²) in [7, 11) is 1.94. The van der Waals surface area contributed by atoms with Gasteiger partial charge in [0.25, 0.3) is 0 Å². The maximum atomic E-state index is 4.55. The Morgan fingerprint density at radius 3 is 2.77 bits per heavy atom. The number of rotatable bonds is 7. The highest BCUT2D eigenvalue weighted by molar-refractivity contribution is 14.1. The summed E-state index contributed by atoms with van der Waals surface area (Å²) in [5, 5.41) is 7.79. The normalized spacial score (nSPS) is 12.2. The molecule has 2 heterocycles. The zero-order chi connectivity index (χ0) is 18.5. The molecule has 1 N–H and O–H groups in total. The minimum atomic E-state index is 0.151. The third kappa shape index (κ3) is 4.81. The molecule has 1 atom stereocenters. The van der Waals surface area contributed by atoms with Crippen LogP contribution in [0.1, 0.15) is 36.5 Å². The van der Waals surface area contributed by atoms with Crippen molar-refractivity contribution in [2.45, 2.75) is 32.7 Å². The number of aryl methyl sites for hydroxylation is 3. The fourth-order valence-corrected chi connectivity index (χ4v) is 3.32. The molecule has 1 aromatic carbocycles. The Morgan fingerprint density at radius 1 is 1.19 bits per heavy atom. The first-order chi connectivity index (χ1) is 12.5. The Hall–Kier alpha value is -1.96. The molecule has 0 saturated heterocycles. The molecule has 136 valence electrons. The predicted octanol–water partition coefficient (Wildman–Crippen LogP) is 4.73. The Labute approximate surface area is 168 Å². The van der Waals surface area contributed by atoms with Gasteiger partial charge in [0.15, 0.2) is 0 Å². The molecule has 3 aromatic rings. The van der Waals surface area contributed by atoms with E-state index in [0.29, 0.717) is 0 Å². The van der Waals surface area contributed by atoms with Gasteiger partial charge in [0, 0.05) is 36.6 Å². The van der Waals surface area contributed by atoms with Crippen molar-refractivity contribution in [1.82, 2.24) is 19.7 Å². The van der Waals surface area contributed by atoms with E-state index in [1.54, 1.807) is 0 Å². The van der Waals surface area contributed by atoms with Crippen LogP contribution in [0.25, 0.3) is 11.1 Å². The highest BCUT2D eigenvalue weighted by Crippen LogP contribution is 2.25. The second-order valence-corrected chi connectivity index (χ2v) is 7.56. The van der Waals surface area contributed by atoms with Crippen LogP contribution in [0.2, 0.25) is 0 Å². The lowest BCUT2D eigenvalue weighted by atomic mass is 10.0. The molecular formula is C20H24IN5. The zero-order valence-corrected chi connectivity index (χ0v) is 17.6. The number of hydrogen-bond acceptors (Lipinski definition) is 4. The minimum absolute atomic E-state index is 0.151. The molecule has 5 nitrogen and oxygen atoms in total. The van der Waals surface area contributed by atoms with E-state index in [2.05, 4.69) is 80.2 Å². The van der Waals surface area contributed by atoms with Gasteiger partial charge in [-0.05, 0) is 48.3 Å². The smallest absolute Gasteiger partial charge is 0.130 e. The molecule has 0 aliphatic carbocycles. The molecule has 26 heavy (non-hydrogen) atoms. The quantitative estimate of drug-likeness (QED) is 0.409. The highest BCUT2D eigenvalue weighted by Gasteiger charge is 2.10. The molecule has 0 radical (unpaired) electrons. The van der Waals surface area contributed by atoms with E-state index in [4.69, 9.17) is 0 Å². The third-order valence-corrected chi connectivity index (χ3v) is 5.01. The van der Waals surface area contributed by atoms with Gasteiger partial charge < -0.3 is 5.32 Å². The number of nitrogens with zero attached hydrogens (tertiary/aromatic N) is 4. The average Bonchev–Trinajstić information content (AvgIpc) is 3.06. The molecule has 1 unspecified atom stereocenters. The molecular weight excluding hydrogens is 437 g/mol. The van der Waals surface area contributed by atoms with E-state index in [1.165, 1.54) is 11.1 Å². The van der Waals surface area contributed by atoms with Crippen LogP contribution in [0, 0.1) is 6.92 Å². The fraction of sp³-hybridized carbons (Fsp3) is 0.350. The summed E-state index contributed by atoms with van der Waals surface area (Å²) in [4.78, 5) is 9.10. The number of halogens is 1. The second kappa shape index (κ2) is 8.62. The van der Waals surface area contributed by atoms with Crippen LogP contribution in [-0.2, 0) is 13.5 Å². The Kier molecular flexibility index (Phi) is 6.24. The van der Waals surface area contributed by atoms with Crippen molar-refractivity contribution in [1.29, 1.82) is 0 Å². The summed E-state index contributed by atoms with van der Waals surface area (Å²) in [5.74, 6) is 1.70. The molecule has 2 aromatic heterocycles. The average molecular weight is 461 g/mol. The van der Waals surface area contributed by atoms with Gasteiger partial charge in [-0.1, -0.05) is 40.8 Å². The SMILES string of the molecule is Cc1nc(CCCI)cc(NC(C)c2cccc(-c3cnn(C)c3)c2)n1. The largest absolute Gasteiger partial charge is 0.363 e. The van der Waals surface area contributed by atoms with Gasteiger partial charge in [0.2, 0.25) is 0 Å². The highest BCUT2D eigenvalue weighted by atomic mass is 127. The predicted molar refractivity (Wildman–Crippen MR) is 115 cm³/mol. The molecule has 0 aliphatic rings. The van der Waals surface area contributed by atoms with E-state index >= 15 is 0 Å². The minimum Gasteiger partial charge on any atom is -0.363 e. The molecule has 0 bridgehead atoms. The lowest BCUT2D eigenvalue weighted by Crippen LogP contribution is -2.10. The molecule has 3 rings (SSSR count). The van der Waals surface area contributed by atoms with Crippen molar-refractivity contribution >= 4 is 28.4 Å². The Morgan fingerprint density at radius 2 is 2.04 bits per heavy atom. The monoisotopic (exact) mass is 461 g/mol. The standard InChI is InChI=1S/C20H24IN5/c1-14(23-20-11-19(8-5-9-21)24-15(2)25-20)16-6-4-7-17(10-16)18-12-22-26(3)13-18/h4,6-7,10-14H,5,8-9H2,1-3H3,(H,23,24,25). The maximum Gasteiger partial charge on any atom is 0.130 e. The van der Waals surface area contributed by atoms with E-state index < -0.39 is 0 Å². The lowest BCUT2D eigenvalue weighted by Gasteiger charge is -2.17. The second-order valence-electron chi connectivity index (χ2n) is 6.48. The third-order valence-electron chi connectivity index (χ3n) is 4.25. The number of anilines is 1. The molecule has 6 heteroatoms. The van der Waals surface area contributed by atoms with Crippen LogP contribution in [0.5, 0.6) is 0 Å². The summed E-state index contributed by atoms with van der Waals surface area (Å²) in [6, 6.07) is 10.8. The first kappa shape index (κ1) is 18.8. The molecule has 0 spiro atoms. The summed E-state index contributed by atoms with van der Waals surface area (Å²) >= 11 is 2.40. The number of alkyl halides is 1. The van der Waals surface area contributed by atoms with Crippen LogP contribution in [-0.4, -0.2) is 24.2 Å². The summed E-state index contributed by atoms with van der Waals surface area (Å²) in [6.07, 6.45) is 6.06. The molecule has 0 aliphatic heterocycles. The van der Waals surface area contributed by atoms with Gasteiger partial charge in [-0.25, -0.2) is 9.97 Å². The number of aromatic nitrogens is 4. The van der Waals surface area contributed by atoms with Gasteiger partial charge in [-0.2, -0.15) is 5.10 Å². The van der Waals surface area contributed by atoms with E-state index in [-0.39, 0.29) is 6.04 Å². The molecule has 0 amide bonds. The van der Waals surface area contributed by atoms with E-state index in [1.807, 2.05) is 31.0 Å². The first-order valence-electron chi connectivity index (χ1n) is 8.81. The van der Waals surface area contributed by atoms with Crippen molar-refractivity contribution in [3.63, 3.8) is 0 Å². The van der Waals surface area contributed by atoms with Crippen molar-refractivity contribution in [2.75, 3.05) is 9.74 Å². The summed E-state index contributed by atoms with van der Waals surface area (Å²) < 4.78 is 2.96. The van der Waals surface area contributed by atoms with Crippen LogP contribution in [0.15, 0.2) is 42.7 Å². The Balaban J connectivity index is 1.78. The van der Waals surface area contributed by atoms with Gasteiger partial charge >= 0.3 is 0 Å². The number of hydrogen-bond donors (Lipinski definition) is 1.